The predicted molar refractivity (Wildman–Crippen MR) is 96.0 cm³/mol. The summed E-state index contributed by atoms with van der Waals surface area (Å²) in [5.41, 5.74) is 1.45. The van der Waals surface area contributed by atoms with E-state index < -0.39 is 6.04 Å². The largest absolute Gasteiger partial charge is 0.490 e. The quantitative estimate of drug-likeness (QED) is 0.862. The topological polar surface area (TPSA) is 59.6 Å². The number of halogens is 1. The number of hydrogen-bond acceptors (Lipinski definition) is 4. The molecule has 0 radical (unpaired) electrons. The Morgan fingerprint density at radius 2 is 1.77 bits per heavy atom. The van der Waals surface area contributed by atoms with Crippen LogP contribution in [0.3, 0.4) is 0 Å². The Hall–Kier alpha value is -2.76. The zero-order valence-electron chi connectivity index (χ0n) is 14.3. The van der Waals surface area contributed by atoms with Crippen LogP contribution in [-0.4, -0.2) is 25.2 Å². The van der Waals surface area contributed by atoms with Crippen LogP contribution < -0.4 is 20.1 Å². The third kappa shape index (κ3) is 3.90. The highest BCUT2D eigenvalue weighted by molar-refractivity contribution is 5.86. The SMILES string of the molecule is O=C(NC1CC1)[C@H](Nc1ccc2c(c1)OCCCO2)c1ccc(F)cc1. The standard InChI is InChI=1S/C20H21FN2O3/c21-14-4-2-13(3-5-14)19(20(24)23-15-6-7-15)22-16-8-9-17-18(12-16)26-11-1-10-25-17/h2-5,8-9,12,15,19,22H,1,6-7,10-11H2,(H,23,24)/t19-/m1/s1. The van der Waals surface area contributed by atoms with E-state index in [1.54, 1.807) is 12.1 Å². The highest BCUT2D eigenvalue weighted by Gasteiger charge is 2.28. The van der Waals surface area contributed by atoms with Crippen LogP contribution in [0.25, 0.3) is 0 Å². The number of ether oxygens (including phenoxy) is 2. The minimum Gasteiger partial charge on any atom is -0.490 e. The summed E-state index contributed by atoms with van der Waals surface area (Å²) in [6, 6.07) is 11.1. The van der Waals surface area contributed by atoms with E-state index in [0.717, 1.165) is 24.9 Å². The van der Waals surface area contributed by atoms with E-state index >= 15 is 0 Å². The van der Waals surface area contributed by atoms with Gasteiger partial charge in [-0.05, 0) is 42.7 Å². The fraction of sp³-hybridized carbons (Fsp3) is 0.350. The summed E-state index contributed by atoms with van der Waals surface area (Å²) in [6.07, 6.45) is 2.84. The lowest BCUT2D eigenvalue weighted by Gasteiger charge is -2.21. The van der Waals surface area contributed by atoms with Crippen molar-refractivity contribution >= 4 is 11.6 Å². The smallest absolute Gasteiger partial charge is 0.247 e. The number of carbonyl (C=O) groups is 1. The summed E-state index contributed by atoms with van der Waals surface area (Å²) < 4.78 is 24.6. The van der Waals surface area contributed by atoms with Gasteiger partial charge in [-0.1, -0.05) is 12.1 Å². The molecular formula is C20H21FN2O3. The van der Waals surface area contributed by atoms with Gasteiger partial charge in [0, 0.05) is 24.2 Å². The molecule has 0 spiro atoms. The van der Waals surface area contributed by atoms with Crippen molar-refractivity contribution < 1.29 is 18.7 Å². The molecule has 136 valence electrons. The second kappa shape index (κ2) is 7.23. The van der Waals surface area contributed by atoms with Crippen molar-refractivity contribution in [3.05, 3.63) is 53.8 Å². The molecule has 2 aromatic carbocycles. The van der Waals surface area contributed by atoms with E-state index in [4.69, 9.17) is 9.47 Å². The lowest BCUT2D eigenvalue weighted by molar-refractivity contribution is -0.122. The molecule has 2 aromatic rings. The molecule has 5 nitrogen and oxygen atoms in total. The monoisotopic (exact) mass is 356 g/mol. The minimum absolute atomic E-state index is 0.119. The van der Waals surface area contributed by atoms with E-state index in [2.05, 4.69) is 10.6 Å². The first-order chi connectivity index (χ1) is 12.7. The van der Waals surface area contributed by atoms with Crippen molar-refractivity contribution in [1.82, 2.24) is 5.32 Å². The van der Waals surface area contributed by atoms with Gasteiger partial charge in [0.15, 0.2) is 11.5 Å². The van der Waals surface area contributed by atoms with E-state index in [-0.39, 0.29) is 17.8 Å². The van der Waals surface area contributed by atoms with Crippen molar-refractivity contribution in [2.75, 3.05) is 18.5 Å². The number of benzene rings is 2. The average molecular weight is 356 g/mol. The van der Waals surface area contributed by atoms with Gasteiger partial charge in [0.1, 0.15) is 11.9 Å². The summed E-state index contributed by atoms with van der Waals surface area (Å²) in [4.78, 5) is 12.7. The number of carbonyl (C=O) groups excluding carboxylic acids is 1. The summed E-state index contributed by atoms with van der Waals surface area (Å²) in [5.74, 6) is 0.915. The normalized spacial score (nSPS) is 17.1. The molecule has 6 heteroatoms. The van der Waals surface area contributed by atoms with Gasteiger partial charge < -0.3 is 20.1 Å². The third-order valence-electron chi connectivity index (χ3n) is 4.45. The van der Waals surface area contributed by atoms with Gasteiger partial charge in [0.05, 0.1) is 13.2 Å². The van der Waals surface area contributed by atoms with E-state index in [9.17, 15) is 9.18 Å². The predicted octanol–water partition coefficient (Wildman–Crippen LogP) is 3.42. The van der Waals surface area contributed by atoms with Crippen molar-refractivity contribution in [3.63, 3.8) is 0 Å². The molecule has 2 aliphatic rings. The highest BCUT2D eigenvalue weighted by Crippen LogP contribution is 2.34. The van der Waals surface area contributed by atoms with Crippen LogP contribution in [-0.2, 0) is 4.79 Å². The number of fused-ring (bicyclic) bond motifs is 1. The molecule has 1 aliphatic heterocycles. The maximum absolute atomic E-state index is 13.3. The van der Waals surface area contributed by atoms with Gasteiger partial charge in [-0.15, -0.1) is 0 Å². The molecule has 1 atom stereocenters. The van der Waals surface area contributed by atoms with Gasteiger partial charge in [-0.3, -0.25) is 4.79 Å². The maximum Gasteiger partial charge on any atom is 0.247 e. The zero-order chi connectivity index (χ0) is 17.9. The van der Waals surface area contributed by atoms with Crippen LogP contribution in [0.2, 0.25) is 0 Å². The van der Waals surface area contributed by atoms with Gasteiger partial charge in [-0.25, -0.2) is 4.39 Å². The third-order valence-corrected chi connectivity index (χ3v) is 4.45. The fourth-order valence-corrected chi connectivity index (χ4v) is 2.89. The minimum atomic E-state index is -0.610. The van der Waals surface area contributed by atoms with Crippen LogP contribution in [0.15, 0.2) is 42.5 Å². The Labute approximate surface area is 151 Å². The molecule has 4 rings (SSSR count). The van der Waals surface area contributed by atoms with Gasteiger partial charge in [0.25, 0.3) is 0 Å². The lowest BCUT2D eigenvalue weighted by Crippen LogP contribution is -2.34. The van der Waals surface area contributed by atoms with Gasteiger partial charge in [0.2, 0.25) is 5.91 Å². The first-order valence-corrected chi connectivity index (χ1v) is 8.91. The van der Waals surface area contributed by atoms with Gasteiger partial charge >= 0.3 is 0 Å². The number of amides is 1. The fourth-order valence-electron chi connectivity index (χ4n) is 2.89. The van der Waals surface area contributed by atoms with E-state index in [1.807, 2.05) is 18.2 Å². The Balaban J connectivity index is 1.58. The number of rotatable bonds is 5. The zero-order valence-corrected chi connectivity index (χ0v) is 14.3. The Morgan fingerprint density at radius 1 is 1.04 bits per heavy atom. The van der Waals surface area contributed by atoms with E-state index in [1.165, 1.54) is 12.1 Å². The van der Waals surface area contributed by atoms with Crippen LogP contribution in [0.5, 0.6) is 11.5 Å². The van der Waals surface area contributed by atoms with Crippen molar-refractivity contribution in [1.29, 1.82) is 0 Å². The molecular weight excluding hydrogens is 335 g/mol. The summed E-state index contributed by atoms with van der Waals surface area (Å²) >= 11 is 0. The second-order valence-electron chi connectivity index (χ2n) is 6.62. The van der Waals surface area contributed by atoms with Gasteiger partial charge in [-0.2, -0.15) is 0 Å². The van der Waals surface area contributed by atoms with Crippen LogP contribution in [0, 0.1) is 5.82 Å². The molecule has 1 amide bonds. The molecule has 0 saturated heterocycles. The molecule has 0 bridgehead atoms. The first-order valence-electron chi connectivity index (χ1n) is 8.91. The number of nitrogens with one attached hydrogen (secondary N) is 2. The summed E-state index contributed by atoms with van der Waals surface area (Å²) in [7, 11) is 0. The Kier molecular flexibility index (Phi) is 4.65. The Morgan fingerprint density at radius 3 is 2.50 bits per heavy atom. The highest BCUT2D eigenvalue weighted by atomic mass is 19.1. The van der Waals surface area contributed by atoms with Crippen LogP contribution in [0.1, 0.15) is 30.9 Å². The first kappa shape index (κ1) is 16.7. The lowest BCUT2D eigenvalue weighted by atomic mass is 10.1. The van der Waals surface area contributed by atoms with Crippen LogP contribution in [0.4, 0.5) is 10.1 Å². The molecule has 1 saturated carbocycles. The van der Waals surface area contributed by atoms with E-state index in [0.29, 0.717) is 30.3 Å². The molecule has 1 heterocycles. The molecule has 1 aliphatic carbocycles. The van der Waals surface area contributed by atoms with Crippen molar-refractivity contribution in [2.24, 2.45) is 0 Å². The molecule has 0 aromatic heterocycles. The average Bonchev–Trinajstić information content (AvgIpc) is 3.47. The number of anilines is 1. The Bertz CT molecular complexity index is 790. The second-order valence-corrected chi connectivity index (χ2v) is 6.62. The molecule has 1 fully saturated rings. The summed E-state index contributed by atoms with van der Waals surface area (Å²) in [5, 5.41) is 6.26. The van der Waals surface area contributed by atoms with Crippen molar-refractivity contribution in [2.45, 2.75) is 31.3 Å². The van der Waals surface area contributed by atoms with Crippen LogP contribution >= 0.6 is 0 Å². The molecule has 0 unspecified atom stereocenters. The number of hydrogen-bond donors (Lipinski definition) is 2. The van der Waals surface area contributed by atoms with Crippen molar-refractivity contribution in [3.8, 4) is 11.5 Å². The molecule has 26 heavy (non-hydrogen) atoms. The maximum atomic E-state index is 13.3. The summed E-state index contributed by atoms with van der Waals surface area (Å²) in [6.45, 7) is 1.22. The molecule has 2 N–H and O–H groups in total.